The number of ether oxygens (including phenoxy) is 2. The molecule has 0 unspecified atom stereocenters. The van der Waals surface area contributed by atoms with Gasteiger partial charge in [0.2, 0.25) is 0 Å². The summed E-state index contributed by atoms with van der Waals surface area (Å²) >= 11 is 6.08. The zero-order valence-electron chi connectivity index (χ0n) is 11.8. The maximum atomic E-state index is 11.8. The second-order valence-electron chi connectivity index (χ2n) is 4.41. The second kappa shape index (κ2) is 9.12. The third-order valence-corrected chi connectivity index (χ3v) is 2.83. The van der Waals surface area contributed by atoms with Crippen LogP contribution in [0.2, 0.25) is 5.02 Å². The summed E-state index contributed by atoms with van der Waals surface area (Å²) < 4.78 is 45.4. The van der Waals surface area contributed by atoms with Gasteiger partial charge in [0.15, 0.2) is 0 Å². The van der Waals surface area contributed by atoms with Gasteiger partial charge in [0.05, 0.1) is 18.2 Å². The Morgan fingerprint density at radius 3 is 2.62 bits per heavy atom. The molecule has 0 bridgehead atoms. The van der Waals surface area contributed by atoms with Gasteiger partial charge >= 0.3 is 6.18 Å². The third kappa shape index (κ3) is 8.14. The molecule has 0 spiro atoms. The molecule has 0 aliphatic carbocycles. The molecule has 0 saturated carbocycles. The van der Waals surface area contributed by atoms with Crippen LogP contribution in [0, 0.1) is 0 Å². The van der Waals surface area contributed by atoms with E-state index in [1.165, 1.54) is 0 Å². The highest BCUT2D eigenvalue weighted by Gasteiger charge is 2.27. The maximum Gasteiger partial charge on any atom is 0.411 e. The first kappa shape index (κ1) is 18.1. The minimum atomic E-state index is -4.29. The maximum absolute atomic E-state index is 11.8. The SMILES string of the molecule is CCNCc1ccc(OCCCOCC(F)(F)F)c(Cl)c1. The summed E-state index contributed by atoms with van der Waals surface area (Å²) in [5.41, 5.74) is 1.04. The molecule has 1 aromatic carbocycles. The van der Waals surface area contributed by atoms with Crippen molar-refractivity contribution >= 4 is 11.6 Å². The molecule has 7 heteroatoms. The normalized spacial score (nSPS) is 11.7. The number of hydrogen-bond acceptors (Lipinski definition) is 3. The Bertz CT molecular complexity index is 427. The zero-order chi connectivity index (χ0) is 15.7. The Hall–Kier alpha value is -0.980. The highest BCUT2D eigenvalue weighted by Crippen LogP contribution is 2.25. The highest BCUT2D eigenvalue weighted by molar-refractivity contribution is 6.32. The summed E-state index contributed by atoms with van der Waals surface area (Å²) in [7, 11) is 0. The highest BCUT2D eigenvalue weighted by atomic mass is 35.5. The molecule has 0 amide bonds. The molecular weight excluding hydrogens is 307 g/mol. The van der Waals surface area contributed by atoms with Crippen molar-refractivity contribution in [3.8, 4) is 5.75 Å². The molecule has 1 rings (SSSR count). The van der Waals surface area contributed by atoms with Crippen LogP contribution in [-0.4, -0.2) is 32.5 Å². The summed E-state index contributed by atoms with van der Waals surface area (Å²) in [6.07, 6.45) is -3.92. The zero-order valence-corrected chi connectivity index (χ0v) is 12.6. The lowest BCUT2D eigenvalue weighted by atomic mass is 10.2. The lowest BCUT2D eigenvalue weighted by Gasteiger charge is -2.11. The Labute approximate surface area is 127 Å². The predicted molar refractivity (Wildman–Crippen MR) is 75.8 cm³/mol. The molecule has 0 fully saturated rings. The standard InChI is InChI=1S/C14H19ClF3NO2/c1-2-19-9-11-4-5-13(12(15)8-11)21-7-3-6-20-10-14(16,17)18/h4-5,8,19H,2-3,6-7,9-10H2,1H3. The van der Waals surface area contributed by atoms with Gasteiger partial charge in [-0.3, -0.25) is 0 Å². The van der Waals surface area contributed by atoms with Crippen molar-refractivity contribution in [2.45, 2.75) is 26.1 Å². The molecule has 0 aliphatic heterocycles. The number of alkyl halides is 3. The topological polar surface area (TPSA) is 30.5 Å². The van der Waals surface area contributed by atoms with Crippen molar-refractivity contribution in [2.75, 3.05) is 26.4 Å². The van der Waals surface area contributed by atoms with Crippen LogP contribution in [0.25, 0.3) is 0 Å². The van der Waals surface area contributed by atoms with Gasteiger partial charge in [-0.15, -0.1) is 0 Å². The number of benzene rings is 1. The first-order chi connectivity index (χ1) is 9.92. The van der Waals surface area contributed by atoms with Crippen LogP contribution >= 0.6 is 11.6 Å². The molecule has 0 heterocycles. The molecule has 120 valence electrons. The van der Waals surface area contributed by atoms with E-state index in [-0.39, 0.29) is 13.2 Å². The van der Waals surface area contributed by atoms with E-state index in [1.807, 2.05) is 13.0 Å². The summed E-state index contributed by atoms with van der Waals surface area (Å²) in [5, 5.41) is 3.67. The molecule has 1 aromatic rings. The number of rotatable bonds is 9. The smallest absolute Gasteiger partial charge is 0.411 e. The van der Waals surface area contributed by atoms with Gasteiger partial charge in [-0.25, -0.2) is 0 Å². The van der Waals surface area contributed by atoms with Crippen molar-refractivity contribution in [2.24, 2.45) is 0 Å². The van der Waals surface area contributed by atoms with Gasteiger partial charge < -0.3 is 14.8 Å². The second-order valence-corrected chi connectivity index (χ2v) is 4.82. The van der Waals surface area contributed by atoms with Crippen LogP contribution in [0.3, 0.4) is 0 Å². The fraction of sp³-hybridized carbons (Fsp3) is 0.571. The molecule has 1 N–H and O–H groups in total. The van der Waals surface area contributed by atoms with Crippen molar-refractivity contribution in [3.05, 3.63) is 28.8 Å². The van der Waals surface area contributed by atoms with E-state index < -0.39 is 12.8 Å². The molecule has 21 heavy (non-hydrogen) atoms. The van der Waals surface area contributed by atoms with Crippen molar-refractivity contribution in [1.29, 1.82) is 0 Å². The van der Waals surface area contributed by atoms with Crippen LogP contribution in [0.4, 0.5) is 13.2 Å². The Kier molecular flexibility index (Phi) is 7.85. The summed E-state index contributed by atoms with van der Waals surface area (Å²) in [4.78, 5) is 0. The van der Waals surface area contributed by atoms with Crippen LogP contribution in [0.5, 0.6) is 5.75 Å². The molecule has 0 atom stereocenters. The monoisotopic (exact) mass is 325 g/mol. The van der Waals surface area contributed by atoms with E-state index in [1.54, 1.807) is 12.1 Å². The molecule has 0 aromatic heterocycles. The van der Waals surface area contributed by atoms with Crippen molar-refractivity contribution in [3.63, 3.8) is 0 Å². The van der Waals surface area contributed by atoms with Gasteiger partial charge in [-0.2, -0.15) is 13.2 Å². The molecule has 0 radical (unpaired) electrons. The van der Waals surface area contributed by atoms with Gasteiger partial charge in [0, 0.05) is 13.0 Å². The Balaban J connectivity index is 2.26. The van der Waals surface area contributed by atoms with Crippen molar-refractivity contribution < 1.29 is 22.6 Å². The summed E-state index contributed by atoms with van der Waals surface area (Å²) in [6.45, 7) is 2.63. The lowest BCUT2D eigenvalue weighted by Crippen LogP contribution is -2.18. The van der Waals surface area contributed by atoms with E-state index in [2.05, 4.69) is 10.1 Å². The van der Waals surface area contributed by atoms with Gasteiger partial charge in [0.25, 0.3) is 0 Å². The average molecular weight is 326 g/mol. The van der Waals surface area contributed by atoms with Gasteiger partial charge in [-0.05, 0) is 24.2 Å². The van der Waals surface area contributed by atoms with Crippen molar-refractivity contribution in [1.82, 2.24) is 5.32 Å². The van der Waals surface area contributed by atoms with Crippen LogP contribution in [0.15, 0.2) is 18.2 Å². The van der Waals surface area contributed by atoms with Gasteiger partial charge in [0.1, 0.15) is 12.4 Å². The number of halogens is 4. The molecule has 0 aliphatic rings. The van der Waals surface area contributed by atoms with E-state index in [0.29, 0.717) is 17.2 Å². The van der Waals surface area contributed by atoms with E-state index >= 15 is 0 Å². The Morgan fingerprint density at radius 1 is 1.24 bits per heavy atom. The first-order valence-electron chi connectivity index (χ1n) is 6.69. The molecular formula is C14H19ClF3NO2. The minimum Gasteiger partial charge on any atom is -0.492 e. The van der Waals surface area contributed by atoms with Crippen LogP contribution in [-0.2, 0) is 11.3 Å². The van der Waals surface area contributed by atoms with Crippen LogP contribution < -0.4 is 10.1 Å². The van der Waals surface area contributed by atoms with E-state index in [9.17, 15) is 13.2 Å². The lowest BCUT2D eigenvalue weighted by molar-refractivity contribution is -0.174. The average Bonchev–Trinajstić information content (AvgIpc) is 2.41. The largest absolute Gasteiger partial charge is 0.492 e. The molecule has 0 saturated heterocycles. The minimum absolute atomic E-state index is 0.00433. The summed E-state index contributed by atoms with van der Waals surface area (Å²) in [6, 6.07) is 5.45. The molecule has 3 nitrogen and oxygen atoms in total. The van der Waals surface area contributed by atoms with Gasteiger partial charge in [-0.1, -0.05) is 24.6 Å². The summed E-state index contributed by atoms with van der Waals surface area (Å²) in [5.74, 6) is 0.521. The fourth-order valence-electron chi connectivity index (χ4n) is 1.57. The van der Waals surface area contributed by atoms with E-state index in [0.717, 1.165) is 18.7 Å². The van der Waals surface area contributed by atoms with E-state index in [4.69, 9.17) is 16.3 Å². The predicted octanol–water partition coefficient (Wildman–Crippen LogP) is 3.80. The number of nitrogens with one attached hydrogen (secondary N) is 1. The number of hydrogen-bond donors (Lipinski definition) is 1. The van der Waals surface area contributed by atoms with Crippen LogP contribution in [0.1, 0.15) is 18.9 Å². The third-order valence-electron chi connectivity index (χ3n) is 2.53. The Morgan fingerprint density at radius 2 is 2.00 bits per heavy atom. The quantitative estimate of drug-likeness (QED) is 0.701. The first-order valence-corrected chi connectivity index (χ1v) is 7.06. The fourth-order valence-corrected chi connectivity index (χ4v) is 1.83.